The summed E-state index contributed by atoms with van der Waals surface area (Å²) in [5.74, 6) is -0.0876. The van der Waals surface area contributed by atoms with Crippen molar-refractivity contribution in [1.29, 1.82) is 0 Å². The highest BCUT2D eigenvalue weighted by Crippen LogP contribution is 2.16. The van der Waals surface area contributed by atoms with Gasteiger partial charge in [-0.25, -0.2) is 4.39 Å². The van der Waals surface area contributed by atoms with Crippen molar-refractivity contribution in [3.8, 4) is 0 Å². The molecule has 0 atom stereocenters. The number of benzene rings is 1. The second kappa shape index (κ2) is 4.87. The first kappa shape index (κ1) is 11.6. The van der Waals surface area contributed by atoms with Crippen LogP contribution in [0.2, 0.25) is 0 Å². The van der Waals surface area contributed by atoms with Crippen molar-refractivity contribution in [3.63, 3.8) is 0 Å². The van der Waals surface area contributed by atoms with Gasteiger partial charge in [-0.3, -0.25) is 4.79 Å². The second-order valence-corrected chi connectivity index (χ2v) is 3.87. The lowest BCUT2D eigenvalue weighted by Crippen LogP contribution is -2.03. The first-order chi connectivity index (χ1) is 7.00. The average Bonchev–Trinajstić information content (AvgIpc) is 2.13. The maximum Gasteiger partial charge on any atom is 0.156 e. The van der Waals surface area contributed by atoms with Crippen LogP contribution in [0.15, 0.2) is 29.8 Å². The summed E-state index contributed by atoms with van der Waals surface area (Å²) in [6.07, 6.45) is 1.75. The summed E-state index contributed by atoms with van der Waals surface area (Å²) in [6, 6.07) is 6.24. The number of carbonyl (C=O) groups excluding carboxylic acids is 1. The largest absolute Gasteiger partial charge is 0.295 e. The Labute approximate surface area is 89.6 Å². The summed E-state index contributed by atoms with van der Waals surface area (Å²) in [5, 5.41) is 0. The molecule has 1 rings (SSSR count). The first-order valence-corrected chi connectivity index (χ1v) is 4.99. The lowest BCUT2D eigenvalue weighted by atomic mass is 9.97. The lowest BCUT2D eigenvalue weighted by Gasteiger charge is -2.07. The minimum absolute atomic E-state index is 0.0364. The standard InChI is InChI=1S/C13H15FO/c1-9(2)13(10(3)15)8-11-5-4-6-12(14)7-11/h4-9H,1-3H3/b13-8+. The third-order valence-electron chi connectivity index (χ3n) is 2.20. The summed E-state index contributed by atoms with van der Waals surface area (Å²) < 4.78 is 12.9. The van der Waals surface area contributed by atoms with Gasteiger partial charge < -0.3 is 0 Å². The van der Waals surface area contributed by atoms with Gasteiger partial charge in [0.25, 0.3) is 0 Å². The molecule has 0 amide bonds. The zero-order chi connectivity index (χ0) is 11.4. The average molecular weight is 206 g/mol. The molecule has 0 radical (unpaired) electrons. The number of allylic oxidation sites excluding steroid dienone is 1. The highest BCUT2D eigenvalue weighted by molar-refractivity contribution is 5.98. The molecule has 0 N–H and O–H groups in total. The first-order valence-electron chi connectivity index (χ1n) is 4.99. The molecule has 1 aromatic rings. The van der Waals surface area contributed by atoms with Gasteiger partial charge in [0, 0.05) is 0 Å². The van der Waals surface area contributed by atoms with Gasteiger partial charge in [-0.1, -0.05) is 26.0 Å². The monoisotopic (exact) mass is 206 g/mol. The van der Waals surface area contributed by atoms with E-state index in [0.29, 0.717) is 0 Å². The van der Waals surface area contributed by atoms with E-state index in [4.69, 9.17) is 0 Å². The summed E-state index contributed by atoms with van der Waals surface area (Å²) in [4.78, 5) is 11.3. The van der Waals surface area contributed by atoms with Crippen molar-refractivity contribution < 1.29 is 9.18 Å². The summed E-state index contributed by atoms with van der Waals surface area (Å²) in [5.41, 5.74) is 1.45. The molecule has 0 aromatic heterocycles. The topological polar surface area (TPSA) is 17.1 Å². The SMILES string of the molecule is CC(=O)/C(=C/c1cccc(F)c1)C(C)C. The van der Waals surface area contributed by atoms with E-state index >= 15 is 0 Å². The van der Waals surface area contributed by atoms with E-state index in [2.05, 4.69) is 0 Å². The van der Waals surface area contributed by atoms with E-state index in [1.807, 2.05) is 13.8 Å². The molecule has 0 heterocycles. The van der Waals surface area contributed by atoms with Gasteiger partial charge in [-0.05, 0) is 42.2 Å². The van der Waals surface area contributed by atoms with Crippen LogP contribution in [0.1, 0.15) is 26.3 Å². The van der Waals surface area contributed by atoms with Crippen LogP contribution >= 0.6 is 0 Å². The number of rotatable bonds is 3. The molecular formula is C13H15FO. The van der Waals surface area contributed by atoms with Gasteiger partial charge >= 0.3 is 0 Å². The highest BCUT2D eigenvalue weighted by atomic mass is 19.1. The zero-order valence-corrected chi connectivity index (χ0v) is 9.25. The number of hydrogen-bond donors (Lipinski definition) is 0. The van der Waals surface area contributed by atoms with Gasteiger partial charge in [0.1, 0.15) is 5.82 Å². The summed E-state index contributed by atoms with van der Waals surface area (Å²) in [7, 11) is 0. The van der Waals surface area contributed by atoms with Crippen molar-refractivity contribution in [2.24, 2.45) is 5.92 Å². The van der Waals surface area contributed by atoms with Gasteiger partial charge in [-0.2, -0.15) is 0 Å². The fourth-order valence-corrected chi connectivity index (χ4v) is 1.45. The summed E-state index contributed by atoms with van der Waals surface area (Å²) >= 11 is 0. The Kier molecular flexibility index (Phi) is 3.78. The Morgan fingerprint density at radius 3 is 2.53 bits per heavy atom. The second-order valence-electron chi connectivity index (χ2n) is 3.87. The van der Waals surface area contributed by atoms with Crippen LogP contribution in [0.25, 0.3) is 6.08 Å². The molecule has 0 fully saturated rings. The van der Waals surface area contributed by atoms with Crippen molar-refractivity contribution in [2.45, 2.75) is 20.8 Å². The molecule has 80 valence electrons. The molecule has 0 bridgehead atoms. The van der Waals surface area contributed by atoms with E-state index < -0.39 is 0 Å². The highest BCUT2D eigenvalue weighted by Gasteiger charge is 2.08. The van der Waals surface area contributed by atoms with Crippen LogP contribution in [0.5, 0.6) is 0 Å². The predicted molar refractivity (Wildman–Crippen MR) is 59.9 cm³/mol. The van der Waals surface area contributed by atoms with Crippen LogP contribution in [-0.2, 0) is 4.79 Å². The van der Waals surface area contributed by atoms with E-state index in [9.17, 15) is 9.18 Å². The molecule has 1 aromatic carbocycles. The maximum atomic E-state index is 12.9. The number of halogens is 1. The lowest BCUT2D eigenvalue weighted by molar-refractivity contribution is -0.113. The molecule has 0 spiro atoms. The van der Waals surface area contributed by atoms with E-state index in [0.717, 1.165) is 11.1 Å². The van der Waals surface area contributed by atoms with Crippen molar-refractivity contribution >= 4 is 11.9 Å². The number of Topliss-reactive ketones (excluding diaryl/α,β-unsaturated/α-hetero) is 1. The fourth-order valence-electron chi connectivity index (χ4n) is 1.45. The molecule has 0 aliphatic rings. The number of carbonyl (C=O) groups is 1. The Morgan fingerprint density at radius 1 is 1.40 bits per heavy atom. The van der Waals surface area contributed by atoms with E-state index in [1.54, 1.807) is 18.2 Å². The van der Waals surface area contributed by atoms with E-state index in [-0.39, 0.29) is 17.5 Å². The van der Waals surface area contributed by atoms with Gasteiger partial charge in [0.15, 0.2) is 5.78 Å². The molecule has 0 saturated heterocycles. The predicted octanol–water partition coefficient (Wildman–Crippen LogP) is 3.45. The van der Waals surface area contributed by atoms with E-state index in [1.165, 1.54) is 19.1 Å². The fraction of sp³-hybridized carbons (Fsp3) is 0.308. The molecular weight excluding hydrogens is 191 g/mol. The maximum absolute atomic E-state index is 12.9. The molecule has 0 saturated carbocycles. The normalized spacial score (nSPS) is 11.9. The van der Waals surface area contributed by atoms with Crippen LogP contribution in [0.4, 0.5) is 4.39 Å². The molecule has 0 unspecified atom stereocenters. The minimum Gasteiger partial charge on any atom is -0.295 e. The van der Waals surface area contributed by atoms with Gasteiger partial charge in [-0.15, -0.1) is 0 Å². The zero-order valence-electron chi connectivity index (χ0n) is 9.25. The molecule has 0 aliphatic heterocycles. The van der Waals surface area contributed by atoms with Gasteiger partial charge in [0.05, 0.1) is 0 Å². The van der Waals surface area contributed by atoms with Crippen molar-refractivity contribution in [3.05, 3.63) is 41.2 Å². The van der Waals surface area contributed by atoms with Crippen molar-refractivity contribution in [1.82, 2.24) is 0 Å². The third kappa shape index (κ3) is 3.31. The quantitative estimate of drug-likeness (QED) is 0.692. The Balaban J connectivity index is 3.08. The van der Waals surface area contributed by atoms with Crippen molar-refractivity contribution in [2.75, 3.05) is 0 Å². The van der Waals surface area contributed by atoms with Crippen LogP contribution in [-0.4, -0.2) is 5.78 Å². The van der Waals surface area contributed by atoms with Crippen LogP contribution in [0.3, 0.4) is 0 Å². The Hall–Kier alpha value is -1.44. The Morgan fingerprint density at radius 2 is 2.07 bits per heavy atom. The molecule has 2 heteroatoms. The third-order valence-corrected chi connectivity index (χ3v) is 2.20. The number of ketones is 1. The molecule has 0 aliphatic carbocycles. The smallest absolute Gasteiger partial charge is 0.156 e. The number of hydrogen-bond acceptors (Lipinski definition) is 1. The van der Waals surface area contributed by atoms with Crippen LogP contribution in [0, 0.1) is 11.7 Å². The summed E-state index contributed by atoms with van der Waals surface area (Å²) in [6.45, 7) is 5.43. The van der Waals surface area contributed by atoms with Crippen LogP contribution < -0.4 is 0 Å². The molecule has 1 nitrogen and oxygen atoms in total. The minimum atomic E-state index is -0.282. The van der Waals surface area contributed by atoms with Gasteiger partial charge in [0.2, 0.25) is 0 Å². The molecule has 15 heavy (non-hydrogen) atoms. The Bertz CT molecular complexity index is 391.